The molecule has 0 atom stereocenters. The Kier molecular flexibility index (Phi) is 4.87. The van der Waals surface area contributed by atoms with E-state index in [4.69, 9.17) is 14.0 Å². The summed E-state index contributed by atoms with van der Waals surface area (Å²) < 4.78 is 54.6. The number of carbonyl (C=O) groups excluding carboxylic acids is 1. The minimum Gasteiger partial charge on any atom is -0.486 e. The summed E-state index contributed by atoms with van der Waals surface area (Å²) in [6.45, 7) is 0.952. The molecule has 1 aliphatic rings. The number of rotatable bonds is 4. The van der Waals surface area contributed by atoms with Crippen molar-refractivity contribution in [3.8, 4) is 22.8 Å². The van der Waals surface area contributed by atoms with E-state index in [2.05, 4.69) is 10.5 Å². The summed E-state index contributed by atoms with van der Waals surface area (Å²) in [6.07, 6.45) is -4.51. The SMILES string of the molecule is O=C(NCc1cc(-c2ccc3c(c2)OCCO3)on1)c1cccc(C(F)(F)F)c1. The van der Waals surface area contributed by atoms with E-state index in [0.29, 0.717) is 36.2 Å². The van der Waals surface area contributed by atoms with Gasteiger partial charge in [-0.25, -0.2) is 0 Å². The van der Waals surface area contributed by atoms with Gasteiger partial charge >= 0.3 is 6.18 Å². The van der Waals surface area contributed by atoms with E-state index in [-0.39, 0.29) is 12.1 Å². The number of nitrogens with zero attached hydrogens (tertiary/aromatic N) is 1. The van der Waals surface area contributed by atoms with Crippen molar-refractivity contribution in [2.75, 3.05) is 13.2 Å². The Hall–Kier alpha value is -3.49. The molecular weight excluding hydrogens is 389 g/mol. The molecule has 1 N–H and O–H groups in total. The Morgan fingerprint density at radius 2 is 1.83 bits per heavy atom. The molecule has 1 aliphatic heterocycles. The van der Waals surface area contributed by atoms with Crippen LogP contribution in [0.2, 0.25) is 0 Å². The second-order valence-electron chi connectivity index (χ2n) is 6.30. The lowest BCUT2D eigenvalue weighted by molar-refractivity contribution is -0.137. The first kappa shape index (κ1) is 18.9. The number of nitrogens with one attached hydrogen (secondary N) is 1. The lowest BCUT2D eigenvalue weighted by atomic mass is 10.1. The highest BCUT2D eigenvalue weighted by molar-refractivity contribution is 5.94. The Morgan fingerprint density at radius 1 is 1.03 bits per heavy atom. The van der Waals surface area contributed by atoms with Gasteiger partial charge in [-0.05, 0) is 36.4 Å². The lowest BCUT2D eigenvalue weighted by Gasteiger charge is -2.18. The van der Waals surface area contributed by atoms with Gasteiger partial charge in [0.1, 0.15) is 18.9 Å². The van der Waals surface area contributed by atoms with Crippen LogP contribution in [0.4, 0.5) is 13.2 Å². The number of fused-ring (bicyclic) bond motifs is 1. The van der Waals surface area contributed by atoms with E-state index in [1.807, 2.05) is 0 Å². The van der Waals surface area contributed by atoms with Gasteiger partial charge in [-0.1, -0.05) is 11.2 Å². The molecule has 3 aromatic rings. The molecule has 9 heteroatoms. The van der Waals surface area contributed by atoms with Crippen LogP contribution in [-0.2, 0) is 12.7 Å². The number of hydrogen-bond acceptors (Lipinski definition) is 5. The molecular formula is C20H15F3N2O4. The summed E-state index contributed by atoms with van der Waals surface area (Å²) in [5.74, 6) is 1.07. The van der Waals surface area contributed by atoms with Crippen LogP contribution in [0, 0.1) is 0 Å². The number of carbonyl (C=O) groups is 1. The molecule has 6 nitrogen and oxygen atoms in total. The molecule has 0 aliphatic carbocycles. The Bertz CT molecular complexity index is 1050. The van der Waals surface area contributed by atoms with Gasteiger partial charge < -0.3 is 19.3 Å². The smallest absolute Gasteiger partial charge is 0.416 e. The number of benzene rings is 2. The van der Waals surface area contributed by atoms with Gasteiger partial charge in [0.15, 0.2) is 17.3 Å². The molecule has 29 heavy (non-hydrogen) atoms. The molecule has 1 amide bonds. The topological polar surface area (TPSA) is 73.6 Å². The van der Waals surface area contributed by atoms with Crippen LogP contribution in [0.1, 0.15) is 21.6 Å². The van der Waals surface area contributed by atoms with Crippen LogP contribution in [0.25, 0.3) is 11.3 Å². The lowest BCUT2D eigenvalue weighted by Crippen LogP contribution is -2.23. The molecule has 2 heterocycles. The van der Waals surface area contributed by atoms with Gasteiger partial charge in [-0.15, -0.1) is 0 Å². The molecule has 0 saturated heterocycles. The number of alkyl halides is 3. The molecule has 0 unspecified atom stereocenters. The maximum absolute atomic E-state index is 12.8. The number of halogens is 3. The number of hydrogen-bond donors (Lipinski definition) is 1. The van der Waals surface area contributed by atoms with Crippen LogP contribution in [-0.4, -0.2) is 24.3 Å². The maximum Gasteiger partial charge on any atom is 0.416 e. The number of ether oxygens (including phenoxy) is 2. The van der Waals surface area contributed by atoms with Crippen LogP contribution in [0.5, 0.6) is 11.5 Å². The molecule has 0 saturated carbocycles. The van der Waals surface area contributed by atoms with E-state index in [9.17, 15) is 18.0 Å². The van der Waals surface area contributed by atoms with E-state index >= 15 is 0 Å². The summed E-state index contributed by atoms with van der Waals surface area (Å²) in [5.41, 5.74) is 0.176. The molecule has 2 aromatic carbocycles. The van der Waals surface area contributed by atoms with E-state index < -0.39 is 17.6 Å². The fraction of sp³-hybridized carbons (Fsp3) is 0.200. The normalized spacial score (nSPS) is 13.2. The van der Waals surface area contributed by atoms with Gasteiger partial charge in [0.2, 0.25) is 0 Å². The first-order chi connectivity index (χ1) is 13.9. The molecule has 0 spiro atoms. The van der Waals surface area contributed by atoms with Gasteiger partial charge in [0, 0.05) is 17.2 Å². The minimum absolute atomic E-state index is 0.00311. The number of aromatic nitrogens is 1. The summed E-state index contributed by atoms with van der Waals surface area (Å²) in [5, 5.41) is 6.42. The zero-order valence-corrected chi connectivity index (χ0v) is 15.0. The molecule has 150 valence electrons. The molecule has 0 bridgehead atoms. The first-order valence-electron chi connectivity index (χ1n) is 8.71. The van der Waals surface area contributed by atoms with Crippen molar-refractivity contribution in [1.82, 2.24) is 10.5 Å². The molecule has 0 fully saturated rings. The monoisotopic (exact) mass is 404 g/mol. The largest absolute Gasteiger partial charge is 0.486 e. The first-order valence-corrected chi connectivity index (χ1v) is 8.71. The number of amides is 1. The van der Waals surface area contributed by atoms with Gasteiger partial charge in [0.05, 0.1) is 12.1 Å². The van der Waals surface area contributed by atoms with Crippen LogP contribution in [0.15, 0.2) is 53.1 Å². The van der Waals surface area contributed by atoms with E-state index in [1.54, 1.807) is 24.3 Å². The quantitative estimate of drug-likeness (QED) is 0.710. The third-order valence-electron chi connectivity index (χ3n) is 4.27. The van der Waals surface area contributed by atoms with E-state index in [1.165, 1.54) is 12.1 Å². The standard InChI is InChI=1S/C20H15F3N2O4/c21-20(22,23)14-3-1-2-13(8-14)19(26)24-11-15-10-17(29-25-15)12-4-5-16-18(9-12)28-7-6-27-16/h1-5,8-10H,6-7,11H2,(H,24,26). The fourth-order valence-corrected chi connectivity index (χ4v) is 2.84. The predicted octanol–water partition coefficient (Wildman–Crippen LogP) is 4.06. The molecule has 1 aromatic heterocycles. The highest BCUT2D eigenvalue weighted by Gasteiger charge is 2.30. The fourth-order valence-electron chi connectivity index (χ4n) is 2.84. The predicted molar refractivity (Wildman–Crippen MR) is 95.5 cm³/mol. The highest BCUT2D eigenvalue weighted by Crippen LogP contribution is 2.34. The average molecular weight is 404 g/mol. The van der Waals surface area contributed by atoms with Gasteiger partial charge in [-0.3, -0.25) is 4.79 Å². The molecule has 4 rings (SSSR count). The summed E-state index contributed by atoms with van der Waals surface area (Å²) in [6, 6.07) is 11.2. The second-order valence-corrected chi connectivity index (χ2v) is 6.30. The van der Waals surface area contributed by atoms with Crippen molar-refractivity contribution < 1.29 is 32.0 Å². The Balaban J connectivity index is 1.43. The van der Waals surface area contributed by atoms with Crippen molar-refractivity contribution in [2.45, 2.75) is 12.7 Å². The van der Waals surface area contributed by atoms with E-state index in [0.717, 1.165) is 17.7 Å². The minimum atomic E-state index is -4.51. The van der Waals surface area contributed by atoms with Crippen LogP contribution < -0.4 is 14.8 Å². The third kappa shape index (κ3) is 4.18. The third-order valence-corrected chi connectivity index (χ3v) is 4.27. The summed E-state index contributed by atoms with van der Waals surface area (Å²) >= 11 is 0. The Morgan fingerprint density at radius 3 is 2.62 bits per heavy atom. The van der Waals surface area contributed by atoms with Crippen LogP contribution in [0.3, 0.4) is 0 Å². The zero-order chi connectivity index (χ0) is 20.4. The van der Waals surface area contributed by atoms with Crippen LogP contribution >= 0.6 is 0 Å². The Labute approximate surface area is 163 Å². The maximum atomic E-state index is 12.8. The van der Waals surface area contributed by atoms with Crippen molar-refractivity contribution in [1.29, 1.82) is 0 Å². The molecule has 0 radical (unpaired) electrons. The highest BCUT2D eigenvalue weighted by atomic mass is 19.4. The van der Waals surface area contributed by atoms with Crippen molar-refractivity contribution in [3.05, 3.63) is 65.4 Å². The average Bonchev–Trinajstić information content (AvgIpc) is 3.20. The summed E-state index contributed by atoms with van der Waals surface area (Å²) in [4.78, 5) is 12.2. The van der Waals surface area contributed by atoms with Crippen molar-refractivity contribution in [3.63, 3.8) is 0 Å². The van der Waals surface area contributed by atoms with Gasteiger partial charge in [0.25, 0.3) is 5.91 Å². The van der Waals surface area contributed by atoms with Gasteiger partial charge in [-0.2, -0.15) is 13.2 Å². The second kappa shape index (κ2) is 7.50. The zero-order valence-electron chi connectivity index (χ0n) is 15.0. The van der Waals surface area contributed by atoms with Crippen molar-refractivity contribution in [2.24, 2.45) is 0 Å². The van der Waals surface area contributed by atoms with Crippen molar-refractivity contribution >= 4 is 5.91 Å². The summed E-state index contributed by atoms with van der Waals surface area (Å²) in [7, 11) is 0.